The van der Waals surface area contributed by atoms with Gasteiger partial charge < -0.3 is 10.1 Å². The first-order valence-corrected chi connectivity index (χ1v) is 7.31. The first-order chi connectivity index (χ1) is 11.2. The molecule has 116 valence electrons. The van der Waals surface area contributed by atoms with Crippen LogP contribution in [0.15, 0.2) is 60.7 Å². The number of hydrogen-bond donors (Lipinski definition) is 2. The van der Waals surface area contributed by atoms with Crippen molar-refractivity contribution in [3.8, 4) is 17.0 Å². The van der Waals surface area contributed by atoms with Gasteiger partial charge in [0, 0.05) is 6.07 Å². The highest BCUT2D eigenvalue weighted by Gasteiger charge is 2.08. The lowest BCUT2D eigenvalue weighted by atomic mass is 10.2. The summed E-state index contributed by atoms with van der Waals surface area (Å²) in [6.07, 6.45) is 0. The zero-order valence-corrected chi connectivity index (χ0v) is 12.7. The third kappa shape index (κ3) is 3.77. The van der Waals surface area contributed by atoms with Gasteiger partial charge in [0.25, 0.3) is 5.91 Å². The molecule has 1 heterocycles. The van der Waals surface area contributed by atoms with Crippen molar-refractivity contribution >= 4 is 11.7 Å². The average Bonchev–Trinajstić information content (AvgIpc) is 3.03. The largest absolute Gasteiger partial charge is 0.483 e. The summed E-state index contributed by atoms with van der Waals surface area (Å²) in [6.45, 7) is 1.88. The van der Waals surface area contributed by atoms with E-state index in [2.05, 4.69) is 15.5 Å². The highest BCUT2D eigenvalue weighted by Crippen LogP contribution is 2.19. The van der Waals surface area contributed by atoms with Crippen LogP contribution in [0.5, 0.6) is 5.75 Å². The van der Waals surface area contributed by atoms with Crippen LogP contribution in [-0.2, 0) is 4.79 Å². The maximum absolute atomic E-state index is 12.0. The second-order valence-corrected chi connectivity index (χ2v) is 5.14. The zero-order chi connectivity index (χ0) is 16.1. The van der Waals surface area contributed by atoms with Gasteiger partial charge in [-0.3, -0.25) is 9.89 Å². The Kier molecular flexibility index (Phi) is 4.38. The summed E-state index contributed by atoms with van der Waals surface area (Å²) >= 11 is 0. The van der Waals surface area contributed by atoms with E-state index >= 15 is 0 Å². The summed E-state index contributed by atoms with van der Waals surface area (Å²) in [5.74, 6) is 0.927. The smallest absolute Gasteiger partial charge is 0.263 e. The van der Waals surface area contributed by atoms with Crippen LogP contribution in [0.2, 0.25) is 0 Å². The van der Waals surface area contributed by atoms with Crippen molar-refractivity contribution in [2.45, 2.75) is 6.92 Å². The number of para-hydroxylation sites is 1. The van der Waals surface area contributed by atoms with Gasteiger partial charge in [0.1, 0.15) is 5.75 Å². The number of nitrogens with zero attached hydrogens (tertiary/aromatic N) is 1. The molecule has 0 spiro atoms. The van der Waals surface area contributed by atoms with Gasteiger partial charge in [-0.1, -0.05) is 48.5 Å². The molecule has 0 aliphatic heterocycles. The van der Waals surface area contributed by atoms with Crippen LogP contribution >= 0.6 is 0 Å². The lowest BCUT2D eigenvalue weighted by Crippen LogP contribution is -2.20. The zero-order valence-electron chi connectivity index (χ0n) is 12.7. The molecule has 3 aromatic rings. The highest BCUT2D eigenvalue weighted by molar-refractivity contribution is 5.91. The first-order valence-electron chi connectivity index (χ1n) is 7.31. The van der Waals surface area contributed by atoms with Crippen LogP contribution in [0.25, 0.3) is 11.3 Å². The molecule has 5 nitrogen and oxygen atoms in total. The number of anilines is 1. The van der Waals surface area contributed by atoms with Crippen LogP contribution in [0.4, 0.5) is 5.82 Å². The number of carbonyl (C=O) groups excluding carboxylic acids is 1. The molecule has 0 saturated carbocycles. The molecule has 0 saturated heterocycles. The molecule has 0 unspecified atom stereocenters. The number of aromatic nitrogens is 2. The van der Waals surface area contributed by atoms with Crippen molar-refractivity contribution in [3.05, 3.63) is 66.2 Å². The Labute approximate surface area is 134 Å². The molecule has 0 aliphatic carbocycles. The quantitative estimate of drug-likeness (QED) is 0.759. The number of nitrogens with one attached hydrogen (secondary N) is 2. The van der Waals surface area contributed by atoms with E-state index in [4.69, 9.17) is 4.74 Å². The van der Waals surface area contributed by atoms with E-state index in [1.807, 2.05) is 61.5 Å². The number of ether oxygens (including phenoxy) is 1. The summed E-state index contributed by atoms with van der Waals surface area (Å²) in [7, 11) is 0. The Morgan fingerprint density at radius 2 is 1.87 bits per heavy atom. The van der Waals surface area contributed by atoms with Gasteiger partial charge >= 0.3 is 0 Å². The Bertz CT molecular complexity index is 797. The van der Waals surface area contributed by atoms with Crippen molar-refractivity contribution in [1.82, 2.24) is 10.2 Å². The van der Waals surface area contributed by atoms with Crippen LogP contribution < -0.4 is 10.1 Å². The van der Waals surface area contributed by atoms with Crippen molar-refractivity contribution in [1.29, 1.82) is 0 Å². The summed E-state index contributed by atoms with van der Waals surface area (Å²) in [4.78, 5) is 12.0. The average molecular weight is 307 g/mol. The summed E-state index contributed by atoms with van der Waals surface area (Å²) in [5.41, 5.74) is 2.85. The first kappa shape index (κ1) is 14.8. The third-order valence-corrected chi connectivity index (χ3v) is 3.38. The molecular weight excluding hydrogens is 290 g/mol. The van der Waals surface area contributed by atoms with E-state index in [-0.39, 0.29) is 12.5 Å². The number of rotatable bonds is 5. The van der Waals surface area contributed by atoms with Crippen molar-refractivity contribution < 1.29 is 9.53 Å². The second kappa shape index (κ2) is 6.79. The second-order valence-electron chi connectivity index (χ2n) is 5.14. The molecule has 1 amide bonds. The maximum atomic E-state index is 12.0. The van der Waals surface area contributed by atoms with Gasteiger partial charge in [-0.25, -0.2) is 0 Å². The highest BCUT2D eigenvalue weighted by atomic mass is 16.5. The van der Waals surface area contributed by atoms with Crippen molar-refractivity contribution in [2.75, 3.05) is 11.9 Å². The number of hydrogen-bond acceptors (Lipinski definition) is 3. The minimum absolute atomic E-state index is 0.0572. The SMILES string of the molecule is Cc1ccccc1OCC(=O)Nc1cc(-c2ccccc2)[nH]n1. The molecule has 0 radical (unpaired) electrons. The predicted octanol–water partition coefficient (Wildman–Crippen LogP) is 3.40. The number of aryl methyl sites for hydroxylation is 1. The van der Waals surface area contributed by atoms with E-state index in [1.54, 1.807) is 6.07 Å². The monoisotopic (exact) mass is 307 g/mol. The number of H-pyrrole nitrogens is 1. The third-order valence-electron chi connectivity index (χ3n) is 3.38. The van der Waals surface area contributed by atoms with E-state index in [0.717, 1.165) is 16.8 Å². The number of benzene rings is 2. The summed E-state index contributed by atoms with van der Waals surface area (Å²) < 4.78 is 5.51. The van der Waals surface area contributed by atoms with Gasteiger partial charge in [0.05, 0.1) is 5.69 Å². The molecule has 2 N–H and O–H groups in total. The predicted molar refractivity (Wildman–Crippen MR) is 89.3 cm³/mol. The maximum Gasteiger partial charge on any atom is 0.263 e. The number of carbonyl (C=O) groups is 1. The molecule has 0 fully saturated rings. The Morgan fingerprint density at radius 3 is 2.65 bits per heavy atom. The topological polar surface area (TPSA) is 67.0 Å². The fraction of sp³-hybridized carbons (Fsp3) is 0.111. The normalized spacial score (nSPS) is 10.3. The number of aromatic amines is 1. The van der Waals surface area contributed by atoms with Gasteiger partial charge in [0.15, 0.2) is 12.4 Å². The van der Waals surface area contributed by atoms with Crippen LogP contribution in [0.1, 0.15) is 5.56 Å². The van der Waals surface area contributed by atoms with Crippen molar-refractivity contribution in [2.24, 2.45) is 0 Å². The van der Waals surface area contributed by atoms with E-state index in [0.29, 0.717) is 11.6 Å². The van der Waals surface area contributed by atoms with Gasteiger partial charge in [0.2, 0.25) is 0 Å². The molecule has 23 heavy (non-hydrogen) atoms. The van der Waals surface area contributed by atoms with E-state index in [1.165, 1.54) is 0 Å². The molecule has 3 rings (SSSR count). The van der Waals surface area contributed by atoms with Crippen LogP contribution in [0.3, 0.4) is 0 Å². The van der Waals surface area contributed by atoms with Gasteiger partial charge in [-0.15, -0.1) is 0 Å². The molecule has 0 aliphatic rings. The lowest BCUT2D eigenvalue weighted by molar-refractivity contribution is -0.118. The fourth-order valence-electron chi connectivity index (χ4n) is 2.19. The van der Waals surface area contributed by atoms with E-state index in [9.17, 15) is 4.79 Å². The molecule has 0 bridgehead atoms. The van der Waals surface area contributed by atoms with Gasteiger partial charge in [-0.2, -0.15) is 5.10 Å². The minimum atomic E-state index is -0.251. The Balaban J connectivity index is 1.58. The minimum Gasteiger partial charge on any atom is -0.483 e. The van der Waals surface area contributed by atoms with Gasteiger partial charge in [-0.05, 0) is 24.1 Å². The Morgan fingerprint density at radius 1 is 1.13 bits per heavy atom. The Hall–Kier alpha value is -3.08. The molecule has 5 heteroatoms. The fourth-order valence-corrected chi connectivity index (χ4v) is 2.19. The summed E-state index contributed by atoms with van der Waals surface area (Å²) in [5, 5.41) is 9.71. The summed E-state index contributed by atoms with van der Waals surface area (Å²) in [6, 6.07) is 19.2. The van der Waals surface area contributed by atoms with Crippen molar-refractivity contribution in [3.63, 3.8) is 0 Å². The van der Waals surface area contributed by atoms with Crippen LogP contribution in [-0.4, -0.2) is 22.7 Å². The molecule has 2 aromatic carbocycles. The standard InChI is InChI=1S/C18H17N3O2/c1-13-7-5-6-10-16(13)23-12-18(22)19-17-11-15(20-21-17)14-8-3-2-4-9-14/h2-11H,12H2,1H3,(H2,19,20,21,22). The number of amides is 1. The molecular formula is C18H17N3O2. The lowest BCUT2D eigenvalue weighted by Gasteiger charge is -2.08. The van der Waals surface area contributed by atoms with Crippen LogP contribution in [0, 0.1) is 6.92 Å². The molecule has 0 atom stereocenters. The molecule has 1 aromatic heterocycles. The van der Waals surface area contributed by atoms with E-state index < -0.39 is 0 Å².